The van der Waals surface area contributed by atoms with Gasteiger partial charge in [0.2, 0.25) is 0 Å². The number of anilines is 1. The highest BCUT2D eigenvalue weighted by atomic mass is 19.4. The van der Waals surface area contributed by atoms with Gasteiger partial charge in [-0.05, 0) is 49.6 Å². The molecule has 2 aliphatic heterocycles. The van der Waals surface area contributed by atoms with E-state index in [0.717, 1.165) is 50.3 Å². The number of nitrogen functional groups attached to an aromatic ring is 1. The first-order chi connectivity index (χ1) is 19.2. The zero-order valence-corrected chi connectivity index (χ0v) is 22.7. The Kier molecular flexibility index (Phi) is 10.3. The van der Waals surface area contributed by atoms with Gasteiger partial charge in [0.15, 0.2) is 0 Å². The van der Waals surface area contributed by atoms with Crippen molar-refractivity contribution in [2.24, 2.45) is 5.73 Å². The molecule has 0 amide bonds. The lowest BCUT2D eigenvalue weighted by molar-refractivity contribution is -0.192. The molecule has 4 rings (SSSR count). The van der Waals surface area contributed by atoms with Crippen molar-refractivity contribution in [2.45, 2.75) is 43.6 Å². The van der Waals surface area contributed by atoms with E-state index < -0.39 is 29.8 Å². The number of piperidine rings is 1. The van der Waals surface area contributed by atoms with Gasteiger partial charge >= 0.3 is 18.1 Å². The van der Waals surface area contributed by atoms with Gasteiger partial charge in [0.25, 0.3) is 0 Å². The van der Waals surface area contributed by atoms with Gasteiger partial charge in [0, 0.05) is 56.6 Å². The van der Waals surface area contributed by atoms with Crippen LogP contribution in [-0.4, -0.2) is 100 Å². The molecule has 2 saturated heterocycles. The third kappa shape index (κ3) is 8.18. The van der Waals surface area contributed by atoms with E-state index in [1.165, 1.54) is 0 Å². The second kappa shape index (κ2) is 13.3. The zero-order chi connectivity index (χ0) is 30.4. The summed E-state index contributed by atoms with van der Waals surface area (Å²) in [7, 11) is 0. The van der Waals surface area contributed by atoms with Crippen molar-refractivity contribution in [1.82, 2.24) is 9.80 Å². The minimum Gasteiger partial charge on any atom is -0.480 e. The smallest absolute Gasteiger partial charge is 0.480 e. The normalized spacial score (nSPS) is 19.4. The zero-order valence-electron chi connectivity index (χ0n) is 22.7. The number of amidine groups is 1. The van der Waals surface area contributed by atoms with Crippen LogP contribution in [0.15, 0.2) is 54.6 Å². The van der Waals surface area contributed by atoms with E-state index in [1.807, 2.05) is 47.4 Å². The molecule has 2 unspecified atom stereocenters. The standard InChI is InChI=1S/C26H35N5O3.C2HF3O2/c1-26(34,20-5-3-2-4-6-20)23(25(32)33)31-13-11-22(12-14-31)30-17-15-29(16-18-30)21-9-7-19(8-10-21)24(27)28;3-2(4,5)1(6)7/h2-10,22-23,34H,11-18H2,1H3,(H3,27,28)(H,32,33);(H,6,7). The van der Waals surface area contributed by atoms with Crippen LogP contribution in [-0.2, 0) is 15.2 Å². The monoisotopic (exact) mass is 579 g/mol. The van der Waals surface area contributed by atoms with Crippen LogP contribution in [0.5, 0.6) is 0 Å². The Bertz CT molecular complexity index is 1180. The van der Waals surface area contributed by atoms with Crippen molar-refractivity contribution in [2.75, 3.05) is 44.2 Å². The maximum atomic E-state index is 12.2. The van der Waals surface area contributed by atoms with Crippen molar-refractivity contribution >= 4 is 23.5 Å². The number of benzene rings is 2. The molecule has 0 aromatic heterocycles. The molecule has 2 aromatic rings. The Balaban J connectivity index is 0.000000587. The number of nitrogens with two attached hydrogens (primary N) is 1. The van der Waals surface area contributed by atoms with E-state index in [2.05, 4.69) is 9.80 Å². The molecule has 13 heteroatoms. The average Bonchev–Trinajstić information content (AvgIpc) is 2.94. The number of carbonyl (C=O) groups is 2. The third-order valence-electron chi connectivity index (χ3n) is 7.61. The van der Waals surface area contributed by atoms with Crippen molar-refractivity contribution in [1.29, 1.82) is 5.41 Å². The molecule has 2 heterocycles. The molecule has 2 aliphatic rings. The molecular weight excluding hydrogens is 543 g/mol. The summed E-state index contributed by atoms with van der Waals surface area (Å²) >= 11 is 0. The van der Waals surface area contributed by atoms with Gasteiger partial charge in [0.05, 0.1) is 0 Å². The second-order valence-corrected chi connectivity index (χ2v) is 10.3. The predicted octanol–water partition coefficient (Wildman–Crippen LogP) is 2.55. The van der Waals surface area contributed by atoms with Gasteiger partial charge in [-0.25, -0.2) is 4.79 Å². The molecule has 0 bridgehead atoms. The highest BCUT2D eigenvalue weighted by molar-refractivity contribution is 5.95. The average molecular weight is 580 g/mol. The van der Waals surface area contributed by atoms with Gasteiger partial charge in [-0.1, -0.05) is 30.3 Å². The van der Waals surface area contributed by atoms with E-state index in [9.17, 15) is 28.2 Å². The van der Waals surface area contributed by atoms with Crippen LogP contribution in [0.1, 0.15) is 30.9 Å². The lowest BCUT2D eigenvalue weighted by atomic mass is 9.85. The van der Waals surface area contributed by atoms with Crippen molar-refractivity contribution < 1.29 is 38.1 Å². The number of piperazine rings is 1. The minimum atomic E-state index is -5.08. The summed E-state index contributed by atoms with van der Waals surface area (Å²) in [6.45, 7) is 6.69. The number of aliphatic hydroxyl groups is 1. The molecule has 2 atom stereocenters. The lowest BCUT2D eigenvalue weighted by Crippen LogP contribution is -2.59. The SMILES string of the molecule is CC(O)(c1ccccc1)C(C(=O)O)N1CCC(N2CCN(c3ccc(C(=N)N)cc3)CC2)CC1.O=C(O)C(F)(F)F. The second-order valence-electron chi connectivity index (χ2n) is 10.3. The highest BCUT2D eigenvalue weighted by Crippen LogP contribution is 2.31. The van der Waals surface area contributed by atoms with Crippen LogP contribution in [0.3, 0.4) is 0 Å². The Labute approximate surface area is 236 Å². The molecule has 2 aromatic carbocycles. The Morgan fingerprint density at radius 1 is 0.927 bits per heavy atom. The number of nitrogens with zero attached hydrogens (tertiary/aromatic N) is 3. The number of halogens is 3. The molecule has 0 spiro atoms. The highest BCUT2D eigenvalue weighted by Gasteiger charge is 2.44. The third-order valence-corrected chi connectivity index (χ3v) is 7.61. The van der Waals surface area contributed by atoms with E-state index >= 15 is 0 Å². The van der Waals surface area contributed by atoms with Crippen LogP contribution in [0.2, 0.25) is 0 Å². The fourth-order valence-electron chi connectivity index (χ4n) is 5.39. The van der Waals surface area contributed by atoms with Gasteiger partial charge in [-0.3, -0.25) is 20.0 Å². The lowest BCUT2D eigenvalue weighted by Gasteiger charge is -2.46. The van der Waals surface area contributed by atoms with E-state index in [1.54, 1.807) is 19.1 Å². The van der Waals surface area contributed by atoms with E-state index in [-0.39, 0.29) is 5.84 Å². The molecule has 0 aliphatic carbocycles. The van der Waals surface area contributed by atoms with E-state index in [0.29, 0.717) is 24.7 Å². The quantitative estimate of drug-likeness (QED) is 0.246. The summed E-state index contributed by atoms with van der Waals surface area (Å²) in [5.41, 5.74) is 6.59. The first kappa shape index (κ1) is 31.8. The van der Waals surface area contributed by atoms with Crippen molar-refractivity contribution in [3.05, 3.63) is 65.7 Å². The number of nitrogens with one attached hydrogen (secondary N) is 1. The molecule has 10 nitrogen and oxygen atoms in total. The minimum absolute atomic E-state index is 0.0816. The van der Waals surface area contributed by atoms with Gasteiger partial charge in [-0.2, -0.15) is 13.2 Å². The van der Waals surface area contributed by atoms with Crippen LogP contribution < -0.4 is 10.6 Å². The summed E-state index contributed by atoms with van der Waals surface area (Å²) in [6, 6.07) is 16.4. The number of hydrogen-bond donors (Lipinski definition) is 5. The molecule has 224 valence electrons. The number of carboxylic acids is 2. The summed E-state index contributed by atoms with van der Waals surface area (Å²) in [6.07, 6.45) is -3.30. The number of alkyl halides is 3. The number of hydrogen-bond acceptors (Lipinski definition) is 7. The summed E-state index contributed by atoms with van der Waals surface area (Å²) in [5, 5.41) is 35.9. The maximum Gasteiger partial charge on any atom is 0.490 e. The number of aliphatic carboxylic acids is 2. The van der Waals surface area contributed by atoms with Crippen LogP contribution in [0.4, 0.5) is 18.9 Å². The fourth-order valence-corrected chi connectivity index (χ4v) is 5.39. The summed E-state index contributed by atoms with van der Waals surface area (Å²) in [5.74, 6) is -3.66. The molecular formula is C28H36F3N5O5. The van der Waals surface area contributed by atoms with Gasteiger partial charge in [-0.15, -0.1) is 0 Å². The molecule has 0 saturated carbocycles. The predicted molar refractivity (Wildman–Crippen MR) is 147 cm³/mol. The number of carboxylic acid groups (broad SMARTS) is 2. The molecule has 2 fully saturated rings. The van der Waals surface area contributed by atoms with Crippen LogP contribution in [0.25, 0.3) is 0 Å². The maximum absolute atomic E-state index is 12.2. The first-order valence-electron chi connectivity index (χ1n) is 13.2. The Morgan fingerprint density at radius 3 is 1.88 bits per heavy atom. The molecule has 6 N–H and O–H groups in total. The molecule has 41 heavy (non-hydrogen) atoms. The fraction of sp³-hybridized carbons (Fsp3) is 0.464. The number of rotatable bonds is 7. The van der Waals surface area contributed by atoms with Crippen molar-refractivity contribution in [3.63, 3.8) is 0 Å². The summed E-state index contributed by atoms with van der Waals surface area (Å²) < 4.78 is 31.7. The largest absolute Gasteiger partial charge is 0.490 e. The van der Waals surface area contributed by atoms with Crippen LogP contribution >= 0.6 is 0 Å². The Hall–Kier alpha value is -3.68. The summed E-state index contributed by atoms with van der Waals surface area (Å²) in [4.78, 5) is 27.9. The van der Waals surface area contributed by atoms with Crippen molar-refractivity contribution in [3.8, 4) is 0 Å². The molecule has 0 radical (unpaired) electrons. The van der Waals surface area contributed by atoms with Gasteiger partial charge < -0.3 is 26.0 Å². The van der Waals surface area contributed by atoms with Crippen LogP contribution in [0, 0.1) is 5.41 Å². The van der Waals surface area contributed by atoms with Gasteiger partial charge in [0.1, 0.15) is 17.5 Å². The van der Waals surface area contributed by atoms with E-state index in [4.69, 9.17) is 21.0 Å². The Morgan fingerprint density at radius 2 is 1.44 bits per heavy atom. The first-order valence-corrected chi connectivity index (χ1v) is 13.2. The topological polar surface area (TPSA) is 154 Å². The number of likely N-dealkylation sites (tertiary alicyclic amines) is 1.